The Hall–Kier alpha value is -2.20. The minimum atomic E-state index is -0.267. The normalized spacial score (nSPS) is 12.2. The standard InChI is InChI=1S/C19H25N3O/c1-5-22(14-16-9-11-20-12-10-16)19(23)18(21(3)4)17-8-6-7-15(2)13-17/h6-13,18H,5,14H2,1-4H3/t18-/m1/s1. The maximum atomic E-state index is 13.1. The van der Waals surface area contributed by atoms with Crippen molar-refractivity contribution in [2.75, 3.05) is 20.6 Å². The monoisotopic (exact) mass is 311 g/mol. The van der Waals surface area contributed by atoms with Gasteiger partial charge in [-0.05, 0) is 51.2 Å². The van der Waals surface area contributed by atoms with E-state index in [0.717, 1.165) is 11.1 Å². The number of amides is 1. The number of carbonyl (C=O) groups is 1. The first kappa shape index (κ1) is 17.2. The Labute approximate surface area is 138 Å². The van der Waals surface area contributed by atoms with E-state index in [1.54, 1.807) is 12.4 Å². The quantitative estimate of drug-likeness (QED) is 0.823. The van der Waals surface area contributed by atoms with Crippen LogP contribution < -0.4 is 0 Å². The molecule has 122 valence electrons. The largest absolute Gasteiger partial charge is 0.337 e. The SMILES string of the molecule is CCN(Cc1ccncc1)C(=O)[C@@H](c1cccc(C)c1)N(C)C. The number of rotatable bonds is 6. The van der Waals surface area contributed by atoms with Crippen molar-refractivity contribution in [3.05, 3.63) is 65.5 Å². The molecule has 0 aliphatic carbocycles. The summed E-state index contributed by atoms with van der Waals surface area (Å²) < 4.78 is 0. The van der Waals surface area contributed by atoms with Gasteiger partial charge in [-0.25, -0.2) is 0 Å². The summed E-state index contributed by atoms with van der Waals surface area (Å²) >= 11 is 0. The molecular formula is C19H25N3O. The van der Waals surface area contributed by atoms with Crippen molar-refractivity contribution < 1.29 is 4.79 Å². The van der Waals surface area contributed by atoms with Crippen LogP contribution in [-0.4, -0.2) is 41.3 Å². The molecule has 4 nitrogen and oxygen atoms in total. The molecule has 0 spiro atoms. The predicted molar refractivity (Wildman–Crippen MR) is 92.9 cm³/mol. The number of hydrogen-bond donors (Lipinski definition) is 0. The molecule has 0 aliphatic heterocycles. The summed E-state index contributed by atoms with van der Waals surface area (Å²) in [7, 11) is 3.90. The minimum Gasteiger partial charge on any atom is -0.337 e. The van der Waals surface area contributed by atoms with Gasteiger partial charge >= 0.3 is 0 Å². The number of aromatic nitrogens is 1. The van der Waals surface area contributed by atoms with Gasteiger partial charge in [0.2, 0.25) is 5.91 Å². The Bertz CT molecular complexity index is 640. The fraction of sp³-hybridized carbons (Fsp3) is 0.368. The molecule has 23 heavy (non-hydrogen) atoms. The lowest BCUT2D eigenvalue weighted by molar-refractivity contribution is -0.136. The van der Waals surface area contributed by atoms with E-state index in [1.165, 1.54) is 5.56 Å². The molecule has 0 saturated carbocycles. The van der Waals surface area contributed by atoms with Crippen LogP contribution in [0.4, 0.5) is 0 Å². The average Bonchev–Trinajstić information content (AvgIpc) is 2.53. The maximum absolute atomic E-state index is 13.1. The molecule has 4 heteroatoms. The van der Waals surface area contributed by atoms with Crippen LogP contribution >= 0.6 is 0 Å². The summed E-state index contributed by atoms with van der Waals surface area (Å²) in [5.41, 5.74) is 3.30. The third-order valence-electron chi connectivity index (χ3n) is 3.92. The zero-order valence-electron chi connectivity index (χ0n) is 14.4. The van der Waals surface area contributed by atoms with Gasteiger partial charge in [-0.15, -0.1) is 0 Å². The number of likely N-dealkylation sites (N-methyl/N-ethyl adjacent to an activating group) is 2. The van der Waals surface area contributed by atoms with Crippen LogP contribution in [0.15, 0.2) is 48.8 Å². The van der Waals surface area contributed by atoms with Gasteiger partial charge in [0, 0.05) is 25.5 Å². The highest BCUT2D eigenvalue weighted by Crippen LogP contribution is 2.22. The zero-order chi connectivity index (χ0) is 16.8. The van der Waals surface area contributed by atoms with Gasteiger partial charge in [-0.3, -0.25) is 14.7 Å². The van der Waals surface area contributed by atoms with Crippen molar-refractivity contribution in [2.45, 2.75) is 26.4 Å². The molecule has 0 N–H and O–H groups in total. The fourth-order valence-corrected chi connectivity index (χ4v) is 2.73. The van der Waals surface area contributed by atoms with Crippen LogP contribution in [0.5, 0.6) is 0 Å². The maximum Gasteiger partial charge on any atom is 0.244 e. The molecule has 1 amide bonds. The van der Waals surface area contributed by atoms with Gasteiger partial charge in [0.1, 0.15) is 6.04 Å². The molecular weight excluding hydrogens is 286 g/mol. The van der Waals surface area contributed by atoms with Crippen LogP contribution in [0, 0.1) is 6.92 Å². The van der Waals surface area contributed by atoms with E-state index >= 15 is 0 Å². The molecule has 0 bridgehead atoms. The summed E-state index contributed by atoms with van der Waals surface area (Å²) in [6.07, 6.45) is 3.52. The zero-order valence-corrected chi connectivity index (χ0v) is 14.4. The Morgan fingerprint density at radius 3 is 2.43 bits per heavy atom. The van der Waals surface area contributed by atoms with E-state index in [0.29, 0.717) is 13.1 Å². The molecule has 0 aliphatic rings. The Kier molecular flexibility index (Phi) is 5.88. The van der Waals surface area contributed by atoms with E-state index in [2.05, 4.69) is 24.0 Å². The van der Waals surface area contributed by atoms with Crippen LogP contribution in [0.2, 0.25) is 0 Å². The number of benzene rings is 1. The van der Waals surface area contributed by atoms with Crippen LogP contribution in [0.3, 0.4) is 0 Å². The van der Waals surface area contributed by atoms with Gasteiger partial charge < -0.3 is 4.90 Å². The predicted octanol–water partition coefficient (Wildman–Crippen LogP) is 3.04. The van der Waals surface area contributed by atoms with E-state index in [9.17, 15) is 4.79 Å². The van der Waals surface area contributed by atoms with Gasteiger partial charge in [-0.1, -0.05) is 29.8 Å². The fourth-order valence-electron chi connectivity index (χ4n) is 2.73. The lowest BCUT2D eigenvalue weighted by Gasteiger charge is -2.30. The molecule has 0 fully saturated rings. The molecule has 1 heterocycles. The van der Waals surface area contributed by atoms with Crippen LogP contribution in [0.25, 0.3) is 0 Å². The van der Waals surface area contributed by atoms with Gasteiger partial charge in [0.25, 0.3) is 0 Å². The van der Waals surface area contributed by atoms with Gasteiger partial charge in [0.05, 0.1) is 0 Å². The smallest absolute Gasteiger partial charge is 0.244 e. The highest BCUT2D eigenvalue weighted by Gasteiger charge is 2.27. The topological polar surface area (TPSA) is 36.4 Å². The van der Waals surface area contributed by atoms with E-state index < -0.39 is 0 Å². The van der Waals surface area contributed by atoms with Crippen molar-refractivity contribution in [3.63, 3.8) is 0 Å². The third kappa shape index (κ3) is 4.39. The van der Waals surface area contributed by atoms with E-state index in [1.807, 2.05) is 55.1 Å². The van der Waals surface area contributed by atoms with Crippen molar-refractivity contribution in [2.24, 2.45) is 0 Å². The van der Waals surface area contributed by atoms with Crippen LogP contribution in [0.1, 0.15) is 29.7 Å². The first-order chi connectivity index (χ1) is 11.0. The van der Waals surface area contributed by atoms with Gasteiger partial charge in [0.15, 0.2) is 0 Å². The first-order valence-electron chi connectivity index (χ1n) is 7.93. The first-order valence-corrected chi connectivity index (χ1v) is 7.93. The van der Waals surface area contributed by atoms with Crippen molar-refractivity contribution >= 4 is 5.91 Å². The third-order valence-corrected chi connectivity index (χ3v) is 3.92. The minimum absolute atomic E-state index is 0.125. The number of aryl methyl sites for hydroxylation is 1. The number of nitrogens with zero attached hydrogens (tertiary/aromatic N) is 3. The molecule has 2 rings (SSSR count). The Morgan fingerprint density at radius 1 is 1.17 bits per heavy atom. The Balaban J connectivity index is 2.25. The summed E-state index contributed by atoms with van der Waals surface area (Å²) in [5, 5.41) is 0. The van der Waals surface area contributed by atoms with Crippen LogP contribution in [-0.2, 0) is 11.3 Å². The highest BCUT2D eigenvalue weighted by molar-refractivity contribution is 5.83. The van der Waals surface area contributed by atoms with Gasteiger partial charge in [-0.2, -0.15) is 0 Å². The molecule has 0 radical (unpaired) electrons. The second-order valence-electron chi connectivity index (χ2n) is 5.99. The molecule has 1 atom stereocenters. The number of carbonyl (C=O) groups excluding carboxylic acids is 1. The summed E-state index contributed by atoms with van der Waals surface area (Å²) in [6.45, 7) is 5.35. The van der Waals surface area contributed by atoms with E-state index in [4.69, 9.17) is 0 Å². The molecule has 0 saturated heterocycles. The second kappa shape index (κ2) is 7.88. The number of pyridine rings is 1. The number of hydrogen-bond acceptors (Lipinski definition) is 3. The molecule has 1 aromatic carbocycles. The van der Waals surface area contributed by atoms with Crippen molar-refractivity contribution in [1.82, 2.24) is 14.8 Å². The lowest BCUT2D eigenvalue weighted by atomic mass is 10.0. The summed E-state index contributed by atoms with van der Waals surface area (Å²) in [6, 6.07) is 11.8. The lowest BCUT2D eigenvalue weighted by Crippen LogP contribution is -2.40. The summed E-state index contributed by atoms with van der Waals surface area (Å²) in [5.74, 6) is 0.125. The van der Waals surface area contributed by atoms with Crippen molar-refractivity contribution in [1.29, 1.82) is 0 Å². The van der Waals surface area contributed by atoms with E-state index in [-0.39, 0.29) is 11.9 Å². The Morgan fingerprint density at radius 2 is 1.87 bits per heavy atom. The average molecular weight is 311 g/mol. The second-order valence-corrected chi connectivity index (χ2v) is 5.99. The molecule has 2 aromatic rings. The highest BCUT2D eigenvalue weighted by atomic mass is 16.2. The summed E-state index contributed by atoms with van der Waals surface area (Å²) in [4.78, 5) is 21.0. The van der Waals surface area contributed by atoms with Crippen molar-refractivity contribution in [3.8, 4) is 0 Å². The molecule has 0 unspecified atom stereocenters. The molecule has 1 aromatic heterocycles.